The predicted octanol–water partition coefficient (Wildman–Crippen LogP) is 1.46. The number of hydrogen-bond acceptors (Lipinski definition) is 6. The van der Waals surface area contributed by atoms with Crippen LogP contribution in [0.1, 0.15) is 18.5 Å². The number of amides is 1. The van der Waals surface area contributed by atoms with Crippen molar-refractivity contribution in [3.05, 3.63) is 30.4 Å². The molecule has 19 heavy (non-hydrogen) atoms. The number of carbonyl (C=O) groups is 1. The van der Waals surface area contributed by atoms with E-state index in [0.29, 0.717) is 10.9 Å². The number of aromatic nitrogens is 4. The zero-order chi connectivity index (χ0) is 13.8. The van der Waals surface area contributed by atoms with Crippen molar-refractivity contribution in [1.82, 2.24) is 19.7 Å². The zero-order valence-electron chi connectivity index (χ0n) is 10.5. The fraction of sp³-hybridized carbons (Fsp3) is 0.273. The number of primary amides is 1. The molecule has 0 saturated carbocycles. The van der Waals surface area contributed by atoms with Crippen LogP contribution in [0.15, 0.2) is 29.9 Å². The highest BCUT2D eigenvalue weighted by atomic mass is 32.2. The summed E-state index contributed by atoms with van der Waals surface area (Å²) in [7, 11) is 0. The van der Waals surface area contributed by atoms with Crippen LogP contribution in [-0.2, 0) is 0 Å². The SMILES string of the molecule is CSc1ncc(C(C)n2cc(OC(N)=O)cn2)cn1. The number of hydrogen-bond donors (Lipinski definition) is 1. The van der Waals surface area contributed by atoms with Crippen molar-refractivity contribution in [2.24, 2.45) is 5.73 Å². The van der Waals surface area contributed by atoms with Crippen molar-refractivity contribution >= 4 is 17.9 Å². The monoisotopic (exact) mass is 279 g/mol. The van der Waals surface area contributed by atoms with Gasteiger partial charge >= 0.3 is 6.09 Å². The quantitative estimate of drug-likeness (QED) is 0.672. The molecule has 0 bridgehead atoms. The normalized spacial score (nSPS) is 12.1. The lowest BCUT2D eigenvalue weighted by molar-refractivity contribution is 0.211. The van der Waals surface area contributed by atoms with E-state index < -0.39 is 6.09 Å². The van der Waals surface area contributed by atoms with E-state index in [9.17, 15) is 4.79 Å². The molecule has 2 N–H and O–H groups in total. The molecule has 1 amide bonds. The third-order valence-corrected chi connectivity index (χ3v) is 3.08. The summed E-state index contributed by atoms with van der Waals surface area (Å²) in [5.74, 6) is 0.306. The Morgan fingerprint density at radius 1 is 1.42 bits per heavy atom. The van der Waals surface area contributed by atoms with E-state index in [0.717, 1.165) is 5.56 Å². The molecule has 0 saturated heterocycles. The van der Waals surface area contributed by atoms with Gasteiger partial charge in [-0.25, -0.2) is 14.8 Å². The van der Waals surface area contributed by atoms with Gasteiger partial charge in [-0.1, -0.05) is 11.8 Å². The molecule has 1 atom stereocenters. The fourth-order valence-electron chi connectivity index (χ4n) is 1.50. The third-order valence-electron chi connectivity index (χ3n) is 2.51. The molecule has 0 aliphatic carbocycles. The summed E-state index contributed by atoms with van der Waals surface area (Å²) in [6, 6.07) is -0.0684. The number of ether oxygens (including phenoxy) is 1. The lowest BCUT2D eigenvalue weighted by Gasteiger charge is -2.11. The van der Waals surface area contributed by atoms with Crippen molar-refractivity contribution in [2.75, 3.05) is 6.26 Å². The van der Waals surface area contributed by atoms with Gasteiger partial charge in [0, 0.05) is 18.0 Å². The van der Waals surface area contributed by atoms with E-state index in [4.69, 9.17) is 10.5 Å². The molecule has 2 aromatic heterocycles. The second-order valence-electron chi connectivity index (χ2n) is 3.76. The number of thioether (sulfide) groups is 1. The second-order valence-corrected chi connectivity index (χ2v) is 4.53. The lowest BCUT2D eigenvalue weighted by Crippen LogP contribution is -2.15. The smallest absolute Gasteiger partial charge is 0.407 e. The van der Waals surface area contributed by atoms with Gasteiger partial charge < -0.3 is 10.5 Å². The van der Waals surface area contributed by atoms with Crippen LogP contribution >= 0.6 is 11.8 Å². The van der Waals surface area contributed by atoms with Gasteiger partial charge in [-0.2, -0.15) is 5.10 Å². The van der Waals surface area contributed by atoms with E-state index in [-0.39, 0.29) is 6.04 Å². The van der Waals surface area contributed by atoms with Gasteiger partial charge in [0.25, 0.3) is 0 Å². The molecule has 2 aromatic rings. The first kappa shape index (κ1) is 13.3. The number of nitrogens with two attached hydrogens (primary N) is 1. The minimum atomic E-state index is -0.861. The molecule has 7 nitrogen and oxygen atoms in total. The minimum Gasteiger partial charge on any atom is -0.407 e. The van der Waals surface area contributed by atoms with E-state index in [2.05, 4.69) is 15.1 Å². The molecule has 2 heterocycles. The molecule has 0 aromatic carbocycles. The average Bonchev–Trinajstić information content (AvgIpc) is 2.85. The fourth-order valence-corrected chi connectivity index (χ4v) is 1.82. The summed E-state index contributed by atoms with van der Waals surface area (Å²) >= 11 is 1.48. The highest BCUT2D eigenvalue weighted by Crippen LogP contribution is 2.19. The Labute approximate surface area is 114 Å². The van der Waals surface area contributed by atoms with Crippen molar-refractivity contribution in [2.45, 2.75) is 18.1 Å². The molecular weight excluding hydrogens is 266 g/mol. The summed E-state index contributed by atoms with van der Waals surface area (Å²) in [5.41, 5.74) is 5.84. The van der Waals surface area contributed by atoms with Crippen LogP contribution in [0.25, 0.3) is 0 Å². The molecule has 0 spiro atoms. The van der Waals surface area contributed by atoms with E-state index in [1.807, 2.05) is 13.2 Å². The number of carbonyl (C=O) groups excluding carboxylic acids is 1. The second kappa shape index (κ2) is 5.70. The van der Waals surface area contributed by atoms with Crippen molar-refractivity contribution in [3.8, 4) is 5.75 Å². The maximum Gasteiger partial charge on any atom is 0.410 e. The zero-order valence-corrected chi connectivity index (χ0v) is 11.3. The first-order valence-electron chi connectivity index (χ1n) is 5.47. The molecule has 0 fully saturated rings. The van der Waals surface area contributed by atoms with Crippen LogP contribution in [0.5, 0.6) is 5.75 Å². The summed E-state index contributed by atoms with van der Waals surface area (Å²) in [6.07, 6.45) is 7.58. The summed E-state index contributed by atoms with van der Waals surface area (Å²) in [4.78, 5) is 19.0. The van der Waals surface area contributed by atoms with E-state index in [1.165, 1.54) is 18.0 Å². The van der Waals surface area contributed by atoms with Crippen LogP contribution in [0, 0.1) is 0 Å². The summed E-state index contributed by atoms with van der Waals surface area (Å²) in [6.45, 7) is 1.94. The Bertz CT molecular complexity index is 569. The Kier molecular flexibility index (Phi) is 4.00. The maximum atomic E-state index is 10.6. The molecule has 0 radical (unpaired) electrons. The summed E-state index contributed by atoms with van der Waals surface area (Å²) in [5, 5.41) is 4.83. The number of nitrogens with zero attached hydrogens (tertiary/aromatic N) is 4. The van der Waals surface area contributed by atoms with Crippen LogP contribution in [0.2, 0.25) is 0 Å². The lowest BCUT2D eigenvalue weighted by atomic mass is 10.2. The molecule has 8 heteroatoms. The Hall–Kier alpha value is -2.09. The standard InChI is InChI=1S/C11H13N5O2S/c1-7(8-3-13-11(19-2)14-4-8)16-6-9(5-15-16)18-10(12)17/h3-7H,1-2H3,(H2,12,17). The van der Waals surface area contributed by atoms with E-state index in [1.54, 1.807) is 23.3 Å². The maximum absolute atomic E-state index is 10.6. The van der Waals surface area contributed by atoms with Gasteiger partial charge in [0.2, 0.25) is 0 Å². The highest BCUT2D eigenvalue weighted by molar-refractivity contribution is 7.98. The molecule has 0 aliphatic rings. The van der Waals surface area contributed by atoms with Gasteiger partial charge in [0.05, 0.1) is 18.4 Å². The van der Waals surface area contributed by atoms with Gasteiger partial charge in [0.15, 0.2) is 10.9 Å². The predicted molar refractivity (Wildman–Crippen MR) is 70.1 cm³/mol. The van der Waals surface area contributed by atoms with Gasteiger partial charge in [-0.3, -0.25) is 4.68 Å². The first-order valence-corrected chi connectivity index (χ1v) is 6.70. The average molecular weight is 279 g/mol. The Balaban J connectivity index is 2.15. The third kappa shape index (κ3) is 3.22. The van der Waals surface area contributed by atoms with Crippen LogP contribution in [0.3, 0.4) is 0 Å². The minimum absolute atomic E-state index is 0.0684. The molecule has 100 valence electrons. The molecular formula is C11H13N5O2S. The van der Waals surface area contributed by atoms with Gasteiger partial charge in [-0.05, 0) is 13.2 Å². The molecule has 1 unspecified atom stereocenters. The van der Waals surface area contributed by atoms with Crippen LogP contribution < -0.4 is 10.5 Å². The Morgan fingerprint density at radius 2 is 2.11 bits per heavy atom. The summed E-state index contributed by atoms with van der Waals surface area (Å²) < 4.78 is 6.39. The highest BCUT2D eigenvalue weighted by Gasteiger charge is 2.12. The largest absolute Gasteiger partial charge is 0.410 e. The molecule has 0 aliphatic heterocycles. The first-order chi connectivity index (χ1) is 9.10. The topological polar surface area (TPSA) is 95.9 Å². The van der Waals surface area contributed by atoms with Gasteiger partial charge in [0.1, 0.15) is 0 Å². The van der Waals surface area contributed by atoms with Crippen molar-refractivity contribution in [1.29, 1.82) is 0 Å². The van der Waals surface area contributed by atoms with Crippen molar-refractivity contribution in [3.63, 3.8) is 0 Å². The Morgan fingerprint density at radius 3 is 2.68 bits per heavy atom. The molecule has 2 rings (SSSR count). The van der Waals surface area contributed by atoms with Crippen LogP contribution in [-0.4, -0.2) is 32.1 Å². The van der Waals surface area contributed by atoms with E-state index >= 15 is 0 Å². The van der Waals surface area contributed by atoms with Crippen LogP contribution in [0.4, 0.5) is 4.79 Å². The van der Waals surface area contributed by atoms with Gasteiger partial charge in [-0.15, -0.1) is 0 Å². The number of rotatable bonds is 4. The van der Waals surface area contributed by atoms with Crippen molar-refractivity contribution < 1.29 is 9.53 Å².